The number of aliphatic carboxylic acids is 1. The largest absolute Gasteiger partial charge is 0.504 e. The van der Waals surface area contributed by atoms with E-state index in [0.717, 1.165) is 18.2 Å². The quantitative estimate of drug-likeness (QED) is 0.313. The second-order valence-electron chi connectivity index (χ2n) is 7.00. The van der Waals surface area contributed by atoms with Crippen LogP contribution in [0.3, 0.4) is 0 Å². The molecule has 3 atom stereocenters. The molecular formula is C19H20O10. The zero-order valence-electron chi connectivity index (χ0n) is 15.2. The Morgan fingerprint density at radius 1 is 1.07 bits per heavy atom. The lowest BCUT2D eigenvalue weighted by molar-refractivity contribution is -0.208. The molecule has 1 aliphatic carbocycles. The maximum Gasteiger partial charge on any atom is 0.339 e. The average molecular weight is 408 g/mol. The number of fused-ring (bicyclic) bond motifs is 1. The lowest BCUT2D eigenvalue weighted by Crippen LogP contribution is -2.67. The molecule has 0 aliphatic heterocycles. The van der Waals surface area contributed by atoms with Gasteiger partial charge >= 0.3 is 5.97 Å². The van der Waals surface area contributed by atoms with Crippen molar-refractivity contribution in [3.8, 4) is 28.7 Å². The Kier molecular flexibility index (Phi) is 4.74. The minimum absolute atomic E-state index is 0.0138. The van der Waals surface area contributed by atoms with Crippen LogP contribution < -0.4 is 4.74 Å². The van der Waals surface area contributed by atoms with Crippen LogP contribution in [-0.4, -0.2) is 71.7 Å². The van der Waals surface area contributed by atoms with Gasteiger partial charge in [0.2, 0.25) is 5.60 Å². The van der Waals surface area contributed by atoms with Crippen molar-refractivity contribution in [3.63, 3.8) is 0 Å². The summed E-state index contributed by atoms with van der Waals surface area (Å²) >= 11 is 0. The highest BCUT2D eigenvalue weighted by atomic mass is 16.5. The summed E-state index contributed by atoms with van der Waals surface area (Å²) in [6, 6.07) is 4.26. The molecule has 10 heteroatoms. The SMILES string of the molecule is COc1cc2c(cc1O)[C@H](c1cc(O)c(O)c(O)c1)[C@@](O)(C(=O)O)[C@](O)(CO)C2. The van der Waals surface area contributed by atoms with Crippen LogP contribution in [0.4, 0.5) is 0 Å². The van der Waals surface area contributed by atoms with Gasteiger partial charge in [0.1, 0.15) is 5.60 Å². The smallest absolute Gasteiger partial charge is 0.339 e. The van der Waals surface area contributed by atoms with Crippen molar-refractivity contribution < 1.29 is 50.4 Å². The second kappa shape index (κ2) is 6.69. The third-order valence-corrected chi connectivity index (χ3v) is 5.37. The fourth-order valence-electron chi connectivity index (χ4n) is 3.87. The van der Waals surface area contributed by atoms with Crippen LogP contribution in [-0.2, 0) is 11.2 Å². The van der Waals surface area contributed by atoms with Crippen LogP contribution in [0.5, 0.6) is 28.7 Å². The summed E-state index contributed by atoms with van der Waals surface area (Å²) in [6.07, 6.45) is -0.495. The van der Waals surface area contributed by atoms with Crippen molar-refractivity contribution in [1.82, 2.24) is 0 Å². The monoisotopic (exact) mass is 408 g/mol. The first-order valence-electron chi connectivity index (χ1n) is 8.43. The molecule has 0 unspecified atom stereocenters. The number of aliphatic hydroxyl groups is 3. The number of ether oxygens (including phenoxy) is 1. The third-order valence-electron chi connectivity index (χ3n) is 5.37. The zero-order chi connectivity index (χ0) is 21.7. The van der Waals surface area contributed by atoms with Crippen LogP contribution in [0.15, 0.2) is 24.3 Å². The Bertz CT molecular complexity index is 964. The number of phenolic OH excluding ortho intramolecular Hbond substituents is 4. The van der Waals surface area contributed by atoms with Crippen molar-refractivity contribution >= 4 is 5.97 Å². The number of aliphatic hydroxyl groups excluding tert-OH is 1. The first-order chi connectivity index (χ1) is 13.5. The van der Waals surface area contributed by atoms with Gasteiger partial charge in [0.05, 0.1) is 19.6 Å². The number of methoxy groups -OCH3 is 1. The first-order valence-corrected chi connectivity index (χ1v) is 8.43. The number of carbonyl (C=O) groups is 1. The van der Waals surface area contributed by atoms with Crippen LogP contribution >= 0.6 is 0 Å². The first kappa shape index (κ1) is 20.5. The van der Waals surface area contributed by atoms with E-state index in [1.807, 2.05) is 0 Å². The number of benzene rings is 2. The Balaban J connectivity index is 2.41. The van der Waals surface area contributed by atoms with Crippen molar-refractivity contribution in [3.05, 3.63) is 41.0 Å². The molecular weight excluding hydrogens is 388 g/mol. The molecule has 0 aromatic heterocycles. The summed E-state index contributed by atoms with van der Waals surface area (Å²) in [4.78, 5) is 12.1. The highest BCUT2D eigenvalue weighted by Crippen LogP contribution is 2.52. The molecule has 156 valence electrons. The van der Waals surface area contributed by atoms with E-state index in [1.165, 1.54) is 13.2 Å². The summed E-state index contributed by atoms with van der Waals surface area (Å²) in [5.41, 5.74) is -5.48. The van der Waals surface area contributed by atoms with Gasteiger partial charge in [0.25, 0.3) is 0 Å². The van der Waals surface area contributed by atoms with Crippen molar-refractivity contribution in [2.24, 2.45) is 0 Å². The summed E-state index contributed by atoms with van der Waals surface area (Å²) in [5.74, 6) is -6.37. The number of hydrogen-bond acceptors (Lipinski definition) is 9. The maximum absolute atomic E-state index is 12.1. The molecule has 2 aromatic rings. The van der Waals surface area contributed by atoms with E-state index in [9.17, 15) is 45.6 Å². The molecule has 29 heavy (non-hydrogen) atoms. The van der Waals surface area contributed by atoms with E-state index in [4.69, 9.17) is 4.74 Å². The number of carboxylic acids is 1. The Hall–Kier alpha value is -3.21. The molecule has 3 rings (SSSR count). The molecule has 2 aromatic carbocycles. The predicted molar refractivity (Wildman–Crippen MR) is 96.3 cm³/mol. The third kappa shape index (κ3) is 2.80. The van der Waals surface area contributed by atoms with E-state index in [2.05, 4.69) is 0 Å². The molecule has 0 spiro atoms. The minimum Gasteiger partial charge on any atom is -0.504 e. The summed E-state index contributed by atoms with van der Waals surface area (Å²) in [6.45, 7) is -1.13. The Morgan fingerprint density at radius 2 is 1.66 bits per heavy atom. The van der Waals surface area contributed by atoms with Gasteiger partial charge in [-0.05, 0) is 41.0 Å². The van der Waals surface area contributed by atoms with E-state index >= 15 is 0 Å². The van der Waals surface area contributed by atoms with Crippen molar-refractivity contribution in [2.75, 3.05) is 13.7 Å². The van der Waals surface area contributed by atoms with Gasteiger partial charge in [0, 0.05) is 6.42 Å². The standard InChI is InChI=1S/C19H20O10/c1-29-14-4-9-6-18(27,7-20)19(28,17(25)26)15(10(9)5-11(14)21)8-2-12(22)16(24)13(23)3-8/h2-5,15,20-24,27-28H,6-7H2,1H3,(H,25,26)/t15-,18+,19+/m0/s1. The van der Waals surface area contributed by atoms with Gasteiger partial charge in [-0.2, -0.15) is 0 Å². The van der Waals surface area contributed by atoms with E-state index < -0.39 is 53.4 Å². The fourth-order valence-corrected chi connectivity index (χ4v) is 3.87. The molecule has 10 nitrogen and oxygen atoms in total. The second-order valence-corrected chi connectivity index (χ2v) is 7.00. The van der Waals surface area contributed by atoms with E-state index in [-0.39, 0.29) is 28.2 Å². The maximum atomic E-state index is 12.1. The van der Waals surface area contributed by atoms with Crippen LogP contribution in [0.25, 0.3) is 0 Å². The number of carboxylic acid groups (broad SMARTS) is 1. The Morgan fingerprint density at radius 3 is 2.14 bits per heavy atom. The van der Waals surface area contributed by atoms with E-state index in [0.29, 0.717) is 0 Å². The normalized spacial score (nSPS) is 26.0. The zero-order valence-corrected chi connectivity index (χ0v) is 15.2. The number of phenols is 4. The molecule has 1 aliphatic rings. The molecule has 0 saturated heterocycles. The minimum atomic E-state index is -3.02. The number of aromatic hydroxyl groups is 4. The lowest BCUT2D eigenvalue weighted by atomic mass is 9.61. The van der Waals surface area contributed by atoms with Crippen molar-refractivity contribution in [1.29, 1.82) is 0 Å². The molecule has 0 heterocycles. The van der Waals surface area contributed by atoms with Crippen LogP contribution in [0.1, 0.15) is 22.6 Å². The molecule has 0 radical (unpaired) electrons. The van der Waals surface area contributed by atoms with E-state index in [1.54, 1.807) is 0 Å². The highest BCUT2D eigenvalue weighted by molar-refractivity contribution is 5.83. The number of rotatable bonds is 4. The number of hydrogen-bond donors (Lipinski definition) is 8. The average Bonchev–Trinajstić information content (AvgIpc) is 2.66. The van der Waals surface area contributed by atoms with Gasteiger partial charge in [-0.3, -0.25) is 0 Å². The lowest BCUT2D eigenvalue weighted by Gasteiger charge is -2.48. The van der Waals surface area contributed by atoms with Crippen molar-refractivity contribution in [2.45, 2.75) is 23.5 Å². The van der Waals surface area contributed by atoms with Gasteiger partial charge in [-0.25, -0.2) is 4.79 Å². The fraction of sp³-hybridized carbons (Fsp3) is 0.316. The molecule has 0 saturated carbocycles. The summed E-state index contributed by atoms with van der Waals surface area (Å²) in [5, 5.41) is 81.2. The summed E-state index contributed by atoms with van der Waals surface area (Å²) in [7, 11) is 1.28. The molecule has 8 N–H and O–H groups in total. The van der Waals surface area contributed by atoms with Gasteiger partial charge in [0.15, 0.2) is 28.7 Å². The van der Waals surface area contributed by atoms with Crippen LogP contribution in [0, 0.1) is 0 Å². The van der Waals surface area contributed by atoms with Gasteiger partial charge in [-0.1, -0.05) is 0 Å². The van der Waals surface area contributed by atoms with Gasteiger partial charge in [-0.15, -0.1) is 0 Å². The Labute approximate surface area is 164 Å². The summed E-state index contributed by atoms with van der Waals surface area (Å²) < 4.78 is 5.02. The molecule has 0 bridgehead atoms. The molecule has 0 amide bonds. The predicted octanol–water partition coefficient (Wildman–Crippen LogP) is -0.255. The van der Waals surface area contributed by atoms with Crippen LogP contribution in [0.2, 0.25) is 0 Å². The highest BCUT2D eigenvalue weighted by Gasteiger charge is 2.63. The molecule has 0 fully saturated rings. The topological polar surface area (TPSA) is 188 Å². The van der Waals surface area contributed by atoms with Gasteiger partial charge < -0.3 is 45.6 Å².